The number of likely N-dealkylation sites (tertiary alicyclic amines) is 1. The number of rotatable bonds is 5. The quantitative estimate of drug-likeness (QED) is 0.718. The molecule has 162 valence electrons. The maximum absolute atomic E-state index is 13.4. The monoisotopic (exact) mass is 426 g/mol. The van der Waals surface area contributed by atoms with Gasteiger partial charge in [-0.05, 0) is 47.4 Å². The van der Waals surface area contributed by atoms with Crippen molar-refractivity contribution in [2.24, 2.45) is 0 Å². The standard InChI is InChI=1S/C24H24F2N2O3/c1-27-22(29)24(31-23(27)30)12-15-28(16-13-24)14-2-3-21(17-4-8-19(25)9-5-17)18-6-10-20(26)11-7-18/h3-11H,2,12-16H2,1H3. The Morgan fingerprint density at radius 3 is 1.94 bits per heavy atom. The largest absolute Gasteiger partial charge is 0.432 e. The second kappa shape index (κ2) is 8.59. The van der Waals surface area contributed by atoms with Crippen LogP contribution in [0.2, 0.25) is 0 Å². The van der Waals surface area contributed by atoms with Crippen LogP contribution in [0, 0.1) is 11.6 Å². The lowest BCUT2D eigenvalue weighted by Crippen LogP contribution is -2.49. The zero-order valence-electron chi connectivity index (χ0n) is 17.3. The number of hydrogen-bond donors (Lipinski definition) is 0. The number of nitrogens with zero attached hydrogens (tertiary/aromatic N) is 2. The Hall–Kier alpha value is -3.06. The highest BCUT2D eigenvalue weighted by molar-refractivity contribution is 6.02. The van der Waals surface area contributed by atoms with E-state index in [4.69, 9.17) is 4.74 Å². The van der Waals surface area contributed by atoms with Crippen molar-refractivity contribution in [1.29, 1.82) is 0 Å². The lowest BCUT2D eigenvalue weighted by Gasteiger charge is -2.35. The molecule has 2 aliphatic heterocycles. The van der Waals surface area contributed by atoms with Crippen LogP contribution in [0.15, 0.2) is 54.6 Å². The van der Waals surface area contributed by atoms with E-state index in [1.165, 1.54) is 31.3 Å². The van der Waals surface area contributed by atoms with Gasteiger partial charge in [-0.25, -0.2) is 18.5 Å². The molecule has 2 aliphatic rings. The van der Waals surface area contributed by atoms with Crippen molar-refractivity contribution in [3.63, 3.8) is 0 Å². The molecule has 7 heteroatoms. The molecular weight excluding hydrogens is 402 g/mol. The first-order valence-corrected chi connectivity index (χ1v) is 10.3. The fraction of sp³-hybridized carbons (Fsp3) is 0.333. The number of carbonyl (C=O) groups excluding carboxylic acids is 2. The Balaban J connectivity index is 1.43. The first-order chi connectivity index (χ1) is 14.9. The third-order valence-electron chi connectivity index (χ3n) is 6.02. The van der Waals surface area contributed by atoms with E-state index in [9.17, 15) is 18.4 Å². The van der Waals surface area contributed by atoms with Crippen LogP contribution in [0.1, 0.15) is 30.4 Å². The smallest absolute Gasteiger partial charge is 0.417 e. The lowest BCUT2D eigenvalue weighted by molar-refractivity contribution is -0.139. The summed E-state index contributed by atoms with van der Waals surface area (Å²) < 4.78 is 32.1. The van der Waals surface area contributed by atoms with Gasteiger partial charge in [0.2, 0.25) is 0 Å². The van der Waals surface area contributed by atoms with Gasteiger partial charge < -0.3 is 9.64 Å². The third kappa shape index (κ3) is 4.37. The summed E-state index contributed by atoms with van der Waals surface area (Å²) in [5.41, 5.74) is 1.62. The van der Waals surface area contributed by atoms with E-state index in [0.717, 1.165) is 34.6 Å². The van der Waals surface area contributed by atoms with E-state index >= 15 is 0 Å². The first-order valence-electron chi connectivity index (χ1n) is 10.3. The fourth-order valence-electron chi connectivity index (χ4n) is 4.17. The zero-order chi connectivity index (χ0) is 22.0. The Bertz CT molecular complexity index is 947. The van der Waals surface area contributed by atoms with Crippen molar-refractivity contribution in [3.05, 3.63) is 77.4 Å². The van der Waals surface area contributed by atoms with Crippen molar-refractivity contribution in [1.82, 2.24) is 9.80 Å². The number of likely N-dealkylation sites (N-methyl/N-ethyl adjacent to an activating group) is 1. The number of benzene rings is 2. The van der Waals surface area contributed by atoms with Gasteiger partial charge in [0.15, 0.2) is 5.60 Å². The molecule has 0 bridgehead atoms. The SMILES string of the molecule is CN1C(=O)OC2(CCN(CCC=C(c3ccc(F)cc3)c3ccc(F)cc3)CC2)C1=O. The third-order valence-corrected chi connectivity index (χ3v) is 6.02. The summed E-state index contributed by atoms with van der Waals surface area (Å²) in [5, 5.41) is 0. The average molecular weight is 426 g/mol. The van der Waals surface area contributed by atoms with Crippen molar-refractivity contribution < 1.29 is 23.1 Å². The number of hydrogen-bond acceptors (Lipinski definition) is 4. The van der Waals surface area contributed by atoms with Gasteiger partial charge in [0.25, 0.3) is 5.91 Å². The molecule has 0 aromatic heterocycles. The Kier molecular flexibility index (Phi) is 5.87. The van der Waals surface area contributed by atoms with E-state index in [-0.39, 0.29) is 17.5 Å². The molecule has 2 amide bonds. The van der Waals surface area contributed by atoms with Crippen LogP contribution in [0.3, 0.4) is 0 Å². The molecule has 0 aliphatic carbocycles. The van der Waals surface area contributed by atoms with Gasteiger partial charge in [-0.1, -0.05) is 30.3 Å². The van der Waals surface area contributed by atoms with Crippen LogP contribution < -0.4 is 0 Å². The summed E-state index contributed by atoms with van der Waals surface area (Å²) >= 11 is 0. The van der Waals surface area contributed by atoms with Gasteiger partial charge in [-0.2, -0.15) is 0 Å². The predicted octanol–water partition coefficient (Wildman–Crippen LogP) is 4.23. The molecule has 4 rings (SSSR count). The molecule has 5 nitrogen and oxygen atoms in total. The molecule has 2 heterocycles. The number of amides is 2. The van der Waals surface area contributed by atoms with Crippen LogP contribution >= 0.6 is 0 Å². The van der Waals surface area contributed by atoms with Crippen molar-refractivity contribution in [3.8, 4) is 0 Å². The summed E-state index contributed by atoms with van der Waals surface area (Å²) in [6.07, 6.45) is 3.18. The topological polar surface area (TPSA) is 49.9 Å². The molecule has 0 radical (unpaired) electrons. The second-order valence-corrected chi connectivity index (χ2v) is 7.99. The van der Waals surface area contributed by atoms with Crippen LogP contribution in [-0.2, 0) is 9.53 Å². The Morgan fingerprint density at radius 2 is 1.48 bits per heavy atom. The minimum absolute atomic E-state index is 0.257. The predicted molar refractivity (Wildman–Crippen MR) is 112 cm³/mol. The molecule has 0 saturated carbocycles. The van der Waals surface area contributed by atoms with Crippen LogP contribution in [0.4, 0.5) is 13.6 Å². The molecule has 2 aromatic carbocycles. The van der Waals surface area contributed by atoms with Crippen LogP contribution in [0.5, 0.6) is 0 Å². The zero-order valence-corrected chi connectivity index (χ0v) is 17.3. The number of carbonyl (C=O) groups is 2. The van der Waals surface area contributed by atoms with Gasteiger partial charge in [-0.15, -0.1) is 0 Å². The highest BCUT2D eigenvalue weighted by Crippen LogP contribution is 2.34. The average Bonchev–Trinajstić information content (AvgIpc) is 2.98. The van der Waals surface area contributed by atoms with E-state index in [1.807, 2.05) is 0 Å². The van der Waals surface area contributed by atoms with Gasteiger partial charge in [-0.3, -0.25) is 4.79 Å². The summed E-state index contributed by atoms with van der Waals surface area (Å²) in [4.78, 5) is 27.4. The van der Waals surface area contributed by atoms with Crippen molar-refractivity contribution in [2.45, 2.75) is 24.9 Å². The second-order valence-electron chi connectivity index (χ2n) is 7.99. The highest BCUT2D eigenvalue weighted by atomic mass is 19.1. The Morgan fingerprint density at radius 1 is 0.968 bits per heavy atom. The normalized spacial score (nSPS) is 18.4. The Labute approximate surface area is 179 Å². The number of ether oxygens (including phenoxy) is 1. The summed E-state index contributed by atoms with van der Waals surface area (Å²) in [6, 6.07) is 12.5. The summed E-state index contributed by atoms with van der Waals surface area (Å²) in [6.45, 7) is 2.08. The first kappa shape index (κ1) is 21.2. The van der Waals surface area contributed by atoms with Crippen LogP contribution in [-0.4, -0.2) is 54.1 Å². The van der Waals surface area contributed by atoms with E-state index in [1.54, 1.807) is 24.3 Å². The minimum Gasteiger partial charge on any atom is -0.432 e. The van der Waals surface area contributed by atoms with Gasteiger partial charge in [0, 0.05) is 39.5 Å². The summed E-state index contributed by atoms with van der Waals surface area (Å²) in [5.74, 6) is -0.874. The van der Waals surface area contributed by atoms with E-state index < -0.39 is 11.7 Å². The highest BCUT2D eigenvalue weighted by Gasteiger charge is 2.53. The summed E-state index contributed by atoms with van der Waals surface area (Å²) in [7, 11) is 1.45. The fourth-order valence-corrected chi connectivity index (χ4v) is 4.17. The number of imide groups is 1. The van der Waals surface area contributed by atoms with Gasteiger partial charge >= 0.3 is 6.09 Å². The lowest BCUT2D eigenvalue weighted by atomic mass is 9.90. The molecule has 2 saturated heterocycles. The van der Waals surface area contributed by atoms with Crippen LogP contribution in [0.25, 0.3) is 5.57 Å². The van der Waals surface area contributed by atoms with Crippen molar-refractivity contribution in [2.75, 3.05) is 26.7 Å². The maximum atomic E-state index is 13.4. The minimum atomic E-state index is -1.01. The molecule has 2 fully saturated rings. The molecule has 0 atom stereocenters. The van der Waals surface area contributed by atoms with Crippen molar-refractivity contribution >= 4 is 17.6 Å². The van der Waals surface area contributed by atoms with E-state index in [2.05, 4.69) is 11.0 Å². The molecule has 2 aromatic rings. The molecule has 1 spiro atoms. The number of piperidine rings is 1. The van der Waals surface area contributed by atoms with Gasteiger partial charge in [0.05, 0.1) is 0 Å². The molecule has 0 unspecified atom stereocenters. The molecule has 31 heavy (non-hydrogen) atoms. The van der Waals surface area contributed by atoms with E-state index in [0.29, 0.717) is 25.9 Å². The van der Waals surface area contributed by atoms with Gasteiger partial charge in [0.1, 0.15) is 11.6 Å². The molecular formula is C24H24F2N2O3. The maximum Gasteiger partial charge on any atom is 0.417 e. The molecule has 0 N–H and O–H groups in total. The number of halogens is 2.